The van der Waals surface area contributed by atoms with Crippen LogP contribution < -0.4 is 10.5 Å². The van der Waals surface area contributed by atoms with E-state index < -0.39 is 5.97 Å². The van der Waals surface area contributed by atoms with Crippen LogP contribution in [0.1, 0.15) is 27.6 Å². The fourth-order valence-corrected chi connectivity index (χ4v) is 3.03. The van der Waals surface area contributed by atoms with Crippen LogP contribution in [0.2, 0.25) is 0 Å². The second kappa shape index (κ2) is 8.92. The largest absolute Gasteiger partial charge is 0.487 e. The number of methoxy groups -OCH3 is 1. The first-order chi connectivity index (χ1) is 13.6. The molecule has 28 heavy (non-hydrogen) atoms. The number of nitrogens with zero attached hydrogens (tertiary/aromatic N) is 3. The quantitative estimate of drug-likeness (QED) is 0.364. The number of ether oxygens (including phenoxy) is 2. The van der Waals surface area contributed by atoms with E-state index in [2.05, 4.69) is 14.7 Å². The summed E-state index contributed by atoms with van der Waals surface area (Å²) in [6, 6.07) is 14.4. The molecule has 0 fully saturated rings. The molecule has 2 aromatic heterocycles. The number of hydrogen-bond acceptors (Lipinski definition) is 9. The molecule has 0 saturated carbocycles. The number of carbonyl (C=O) groups excluding carboxylic acids is 1. The molecule has 9 heteroatoms. The zero-order valence-corrected chi connectivity index (χ0v) is 15.7. The minimum absolute atomic E-state index is 0.0838. The Morgan fingerprint density at radius 1 is 1.25 bits per heavy atom. The molecule has 0 radical (unpaired) electrons. The summed E-state index contributed by atoms with van der Waals surface area (Å²) in [6.07, 6.45) is 0. The van der Waals surface area contributed by atoms with E-state index in [9.17, 15) is 10.1 Å². The average molecular weight is 396 g/mol. The number of rotatable bonds is 7. The molecule has 0 unspecified atom stereocenters. The van der Waals surface area contributed by atoms with E-state index in [0.29, 0.717) is 28.1 Å². The van der Waals surface area contributed by atoms with Crippen LogP contribution in [0.3, 0.4) is 0 Å². The lowest BCUT2D eigenvalue weighted by molar-refractivity contribution is 0.0563. The van der Waals surface area contributed by atoms with Gasteiger partial charge < -0.3 is 19.6 Å². The van der Waals surface area contributed by atoms with Crippen LogP contribution in [-0.4, -0.2) is 23.0 Å². The van der Waals surface area contributed by atoms with Crippen molar-refractivity contribution in [2.45, 2.75) is 17.5 Å². The van der Waals surface area contributed by atoms with Crippen molar-refractivity contribution in [3.05, 3.63) is 65.2 Å². The number of aromatic nitrogens is 2. The van der Waals surface area contributed by atoms with Crippen LogP contribution in [0.25, 0.3) is 0 Å². The van der Waals surface area contributed by atoms with E-state index in [1.807, 2.05) is 36.4 Å². The van der Waals surface area contributed by atoms with Crippen molar-refractivity contribution in [1.29, 1.82) is 5.26 Å². The monoisotopic (exact) mass is 396 g/mol. The molecule has 8 nitrogen and oxygen atoms in total. The fraction of sp³-hybridized carbons (Fsp3) is 0.158. The van der Waals surface area contributed by atoms with Crippen molar-refractivity contribution in [3.63, 3.8) is 0 Å². The fourth-order valence-electron chi connectivity index (χ4n) is 2.26. The van der Waals surface area contributed by atoms with Gasteiger partial charge in [-0.3, -0.25) is 0 Å². The topological polar surface area (TPSA) is 124 Å². The van der Waals surface area contributed by atoms with E-state index in [-0.39, 0.29) is 23.7 Å². The number of furan rings is 1. The highest BCUT2D eigenvalue weighted by Gasteiger charge is 2.15. The third-order valence-corrected chi connectivity index (χ3v) is 4.48. The average Bonchev–Trinajstić information content (AvgIpc) is 3.20. The molecule has 0 spiro atoms. The molecule has 0 amide bonds. The van der Waals surface area contributed by atoms with Gasteiger partial charge in [-0.25, -0.2) is 14.8 Å². The number of thioether (sulfide) groups is 1. The molecule has 3 rings (SSSR count). The molecule has 0 aliphatic heterocycles. The number of nitriles is 1. The van der Waals surface area contributed by atoms with Gasteiger partial charge in [-0.15, -0.1) is 0 Å². The van der Waals surface area contributed by atoms with Gasteiger partial charge in [-0.1, -0.05) is 30.0 Å². The van der Waals surface area contributed by atoms with Gasteiger partial charge in [0.05, 0.1) is 12.9 Å². The van der Waals surface area contributed by atoms with E-state index >= 15 is 0 Å². The van der Waals surface area contributed by atoms with Crippen molar-refractivity contribution in [2.75, 3.05) is 12.8 Å². The zero-order chi connectivity index (χ0) is 19.9. The summed E-state index contributed by atoms with van der Waals surface area (Å²) in [5.74, 6) is 1.25. The molecule has 142 valence electrons. The predicted octanol–water partition coefficient (Wildman–Crippen LogP) is 3.18. The molecule has 1 aromatic carbocycles. The molecule has 0 saturated heterocycles. The lowest BCUT2D eigenvalue weighted by atomic mass is 10.2. The maximum Gasteiger partial charge on any atom is 0.373 e. The smallest absolute Gasteiger partial charge is 0.373 e. The molecule has 0 aliphatic rings. The van der Waals surface area contributed by atoms with Crippen molar-refractivity contribution in [1.82, 2.24) is 9.97 Å². The molecular weight excluding hydrogens is 380 g/mol. The summed E-state index contributed by atoms with van der Waals surface area (Å²) in [5.41, 5.74) is 6.49. The number of anilines is 1. The van der Waals surface area contributed by atoms with Crippen molar-refractivity contribution >= 4 is 23.5 Å². The van der Waals surface area contributed by atoms with Gasteiger partial charge in [-0.2, -0.15) is 5.26 Å². The zero-order valence-electron chi connectivity index (χ0n) is 14.9. The van der Waals surface area contributed by atoms with Gasteiger partial charge in [0.25, 0.3) is 0 Å². The normalized spacial score (nSPS) is 10.3. The lowest BCUT2D eigenvalue weighted by Crippen LogP contribution is -2.08. The minimum Gasteiger partial charge on any atom is -0.487 e. The van der Waals surface area contributed by atoms with Gasteiger partial charge in [0.15, 0.2) is 5.16 Å². The standard InChI is InChI=1S/C19H16N4O4S/c1-25-18(24)16-8-7-13(27-16)11-28-19-22-15(14(9-20)17(21)23-19)10-26-12-5-3-2-4-6-12/h2-8H,10-11H2,1H3,(H2,21,22,23). The molecule has 3 aromatic rings. The van der Waals surface area contributed by atoms with E-state index in [1.54, 1.807) is 6.07 Å². The number of nitrogen functional groups attached to an aromatic ring is 1. The van der Waals surface area contributed by atoms with Crippen molar-refractivity contribution < 1.29 is 18.7 Å². The first-order valence-electron chi connectivity index (χ1n) is 8.15. The van der Waals surface area contributed by atoms with E-state index in [0.717, 1.165) is 0 Å². The van der Waals surface area contributed by atoms with Crippen LogP contribution in [0.15, 0.2) is 52.0 Å². The lowest BCUT2D eigenvalue weighted by Gasteiger charge is -2.09. The number of benzene rings is 1. The number of esters is 1. The highest BCUT2D eigenvalue weighted by molar-refractivity contribution is 7.98. The summed E-state index contributed by atoms with van der Waals surface area (Å²) in [4.78, 5) is 20.0. The Morgan fingerprint density at radius 3 is 2.75 bits per heavy atom. The van der Waals surface area contributed by atoms with Crippen molar-refractivity contribution in [3.8, 4) is 11.8 Å². The van der Waals surface area contributed by atoms with E-state index in [1.165, 1.54) is 24.9 Å². The van der Waals surface area contributed by atoms with Gasteiger partial charge in [-0.05, 0) is 24.3 Å². The third-order valence-electron chi connectivity index (χ3n) is 3.61. The molecule has 2 heterocycles. The Hall–Kier alpha value is -3.51. The first-order valence-corrected chi connectivity index (χ1v) is 9.13. The van der Waals surface area contributed by atoms with Crippen molar-refractivity contribution in [2.24, 2.45) is 0 Å². The number of para-hydroxylation sites is 1. The second-order valence-electron chi connectivity index (χ2n) is 5.47. The number of carbonyl (C=O) groups is 1. The minimum atomic E-state index is -0.546. The van der Waals surface area contributed by atoms with Crippen LogP contribution in [0, 0.1) is 11.3 Å². The Kier molecular flexibility index (Phi) is 6.14. The Morgan fingerprint density at radius 2 is 2.04 bits per heavy atom. The summed E-state index contributed by atoms with van der Waals surface area (Å²) < 4.78 is 15.7. The molecular formula is C19H16N4O4S. The number of nitrogens with two attached hydrogens (primary N) is 1. The molecule has 0 atom stereocenters. The second-order valence-corrected chi connectivity index (χ2v) is 6.42. The summed E-state index contributed by atoms with van der Waals surface area (Å²) in [6.45, 7) is 0.0838. The third kappa shape index (κ3) is 4.61. The molecule has 0 aliphatic carbocycles. The van der Waals surface area contributed by atoms with Crippen LogP contribution in [-0.2, 0) is 17.1 Å². The summed E-state index contributed by atoms with van der Waals surface area (Å²) >= 11 is 1.26. The highest BCUT2D eigenvalue weighted by Crippen LogP contribution is 2.25. The van der Waals surface area contributed by atoms with Gasteiger partial charge in [0.2, 0.25) is 5.76 Å². The van der Waals surface area contributed by atoms with E-state index in [4.69, 9.17) is 14.9 Å². The Bertz CT molecular complexity index is 1010. The number of hydrogen-bond donors (Lipinski definition) is 1. The highest BCUT2D eigenvalue weighted by atomic mass is 32.2. The summed E-state index contributed by atoms with van der Waals surface area (Å²) in [7, 11) is 1.28. The maximum atomic E-state index is 11.4. The van der Waals surface area contributed by atoms with Crippen LogP contribution in [0.4, 0.5) is 5.82 Å². The predicted molar refractivity (Wildman–Crippen MR) is 102 cm³/mol. The maximum absolute atomic E-state index is 11.4. The molecule has 0 bridgehead atoms. The SMILES string of the molecule is COC(=O)c1ccc(CSc2nc(N)c(C#N)c(COc3ccccc3)n2)o1. The van der Waals surface area contributed by atoms with Gasteiger partial charge in [0, 0.05) is 0 Å². The molecule has 2 N–H and O–H groups in total. The Labute approximate surface area is 165 Å². The summed E-state index contributed by atoms with van der Waals surface area (Å²) in [5, 5.41) is 9.72. The van der Waals surface area contributed by atoms with Gasteiger partial charge >= 0.3 is 5.97 Å². The van der Waals surface area contributed by atoms with Crippen LogP contribution >= 0.6 is 11.8 Å². The first kappa shape index (κ1) is 19.3. The van der Waals surface area contributed by atoms with Gasteiger partial charge in [0.1, 0.15) is 41.3 Å². The van der Waals surface area contributed by atoms with Crippen LogP contribution in [0.5, 0.6) is 5.75 Å². The Balaban J connectivity index is 1.73.